The number of amides is 1. The van der Waals surface area contributed by atoms with Gasteiger partial charge in [-0.2, -0.15) is 0 Å². The van der Waals surface area contributed by atoms with E-state index in [0.29, 0.717) is 19.6 Å². The molecule has 1 aromatic carbocycles. The highest BCUT2D eigenvalue weighted by atomic mass is 16.5. The van der Waals surface area contributed by atoms with Crippen molar-refractivity contribution in [2.45, 2.75) is 39.2 Å². The van der Waals surface area contributed by atoms with Crippen LogP contribution in [0, 0.1) is 6.92 Å². The maximum atomic E-state index is 12.2. The predicted octanol–water partition coefficient (Wildman–Crippen LogP) is 2.07. The van der Waals surface area contributed by atoms with E-state index in [0.717, 1.165) is 44.8 Å². The van der Waals surface area contributed by atoms with Gasteiger partial charge in [-0.15, -0.1) is 0 Å². The van der Waals surface area contributed by atoms with Crippen molar-refractivity contribution in [2.75, 3.05) is 39.3 Å². The predicted molar refractivity (Wildman–Crippen MR) is 95.2 cm³/mol. The first-order valence-electron chi connectivity index (χ1n) is 8.92. The highest BCUT2D eigenvalue weighted by Crippen LogP contribution is 2.13. The molecule has 0 aromatic heterocycles. The van der Waals surface area contributed by atoms with Gasteiger partial charge in [-0.3, -0.25) is 9.69 Å². The van der Waals surface area contributed by atoms with Crippen LogP contribution >= 0.6 is 0 Å². The second-order valence-corrected chi connectivity index (χ2v) is 6.65. The molecular formula is C19H30N2O3. The van der Waals surface area contributed by atoms with Crippen LogP contribution in [0.25, 0.3) is 0 Å². The van der Waals surface area contributed by atoms with Crippen molar-refractivity contribution in [3.05, 3.63) is 29.8 Å². The zero-order valence-corrected chi connectivity index (χ0v) is 14.9. The molecule has 1 aromatic rings. The number of β-amino-alcohol motifs (C(OH)–C–C–N with tert-alkyl or cyclic N) is 1. The Hall–Kier alpha value is -1.59. The molecule has 1 saturated heterocycles. The summed E-state index contributed by atoms with van der Waals surface area (Å²) in [5.74, 6) is 1.14. The number of aliphatic hydroxyl groups excluding tert-OH is 1. The number of nitrogens with zero attached hydrogens (tertiary/aromatic N) is 2. The van der Waals surface area contributed by atoms with Crippen LogP contribution in [0.15, 0.2) is 24.3 Å². The molecule has 24 heavy (non-hydrogen) atoms. The molecule has 1 aliphatic rings. The molecule has 1 atom stereocenters. The third kappa shape index (κ3) is 6.49. The zero-order chi connectivity index (χ0) is 17.4. The van der Waals surface area contributed by atoms with Crippen molar-refractivity contribution in [3.8, 4) is 5.75 Å². The number of aryl methyl sites for hydroxylation is 1. The molecule has 0 aliphatic carbocycles. The van der Waals surface area contributed by atoms with Crippen LogP contribution in [0.5, 0.6) is 5.75 Å². The molecule has 0 saturated carbocycles. The minimum atomic E-state index is -0.305. The summed E-state index contributed by atoms with van der Waals surface area (Å²) in [5, 5.41) is 9.41. The highest BCUT2D eigenvalue weighted by molar-refractivity contribution is 5.76. The average molecular weight is 334 g/mol. The quantitative estimate of drug-likeness (QED) is 0.740. The van der Waals surface area contributed by atoms with Crippen LogP contribution < -0.4 is 4.74 Å². The number of carbonyl (C=O) groups excluding carboxylic acids is 1. The van der Waals surface area contributed by atoms with Gasteiger partial charge in [0.2, 0.25) is 5.91 Å². The lowest BCUT2D eigenvalue weighted by Crippen LogP contribution is -2.50. The second-order valence-electron chi connectivity index (χ2n) is 6.65. The van der Waals surface area contributed by atoms with Crippen molar-refractivity contribution in [1.82, 2.24) is 9.80 Å². The van der Waals surface area contributed by atoms with Crippen LogP contribution in [0.2, 0.25) is 0 Å². The van der Waals surface area contributed by atoms with E-state index in [1.54, 1.807) is 6.92 Å². The monoisotopic (exact) mass is 334 g/mol. The summed E-state index contributed by atoms with van der Waals surface area (Å²) < 4.78 is 5.71. The second kappa shape index (κ2) is 9.64. The van der Waals surface area contributed by atoms with E-state index in [4.69, 9.17) is 4.74 Å². The smallest absolute Gasteiger partial charge is 0.222 e. The first-order chi connectivity index (χ1) is 11.5. The molecular weight excluding hydrogens is 304 g/mol. The number of aliphatic hydroxyl groups is 1. The maximum Gasteiger partial charge on any atom is 0.222 e. The minimum Gasteiger partial charge on any atom is -0.494 e. The lowest BCUT2D eigenvalue weighted by Gasteiger charge is -2.35. The Bertz CT molecular complexity index is 511. The van der Waals surface area contributed by atoms with Gasteiger partial charge in [0, 0.05) is 39.1 Å². The number of hydrogen-bond acceptors (Lipinski definition) is 4. The summed E-state index contributed by atoms with van der Waals surface area (Å²) >= 11 is 0. The number of unbranched alkanes of at least 4 members (excludes halogenated alkanes) is 1. The largest absolute Gasteiger partial charge is 0.494 e. The molecule has 1 heterocycles. The fraction of sp³-hybridized carbons (Fsp3) is 0.632. The third-order valence-electron chi connectivity index (χ3n) is 4.29. The van der Waals surface area contributed by atoms with Gasteiger partial charge in [0.05, 0.1) is 12.7 Å². The SMILES string of the molecule is Cc1cccc(OCCCCC(=O)N2CCN(C[C@@H](C)O)CC2)c1. The van der Waals surface area contributed by atoms with Crippen molar-refractivity contribution in [2.24, 2.45) is 0 Å². The summed E-state index contributed by atoms with van der Waals surface area (Å²) in [4.78, 5) is 16.4. The number of hydrogen-bond donors (Lipinski definition) is 1. The van der Waals surface area contributed by atoms with E-state index >= 15 is 0 Å². The lowest BCUT2D eigenvalue weighted by atomic mass is 10.2. The number of piperazine rings is 1. The molecule has 0 radical (unpaired) electrons. The normalized spacial score (nSPS) is 16.9. The van der Waals surface area contributed by atoms with Gasteiger partial charge in [0.25, 0.3) is 0 Å². The fourth-order valence-corrected chi connectivity index (χ4v) is 2.99. The maximum absolute atomic E-state index is 12.2. The van der Waals surface area contributed by atoms with Crippen molar-refractivity contribution in [1.29, 1.82) is 0 Å². The lowest BCUT2D eigenvalue weighted by molar-refractivity contribution is -0.133. The van der Waals surface area contributed by atoms with E-state index in [9.17, 15) is 9.90 Å². The molecule has 134 valence electrons. The molecule has 2 rings (SSSR count). The molecule has 5 nitrogen and oxygen atoms in total. The van der Waals surface area contributed by atoms with E-state index in [1.165, 1.54) is 5.56 Å². The van der Waals surface area contributed by atoms with Gasteiger partial charge in [-0.25, -0.2) is 0 Å². The average Bonchev–Trinajstić information content (AvgIpc) is 2.54. The minimum absolute atomic E-state index is 0.238. The summed E-state index contributed by atoms with van der Waals surface area (Å²) in [5.41, 5.74) is 1.19. The van der Waals surface area contributed by atoms with Gasteiger partial charge >= 0.3 is 0 Å². The summed E-state index contributed by atoms with van der Waals surface area (Å²) in [6, 6.07) is 8.03. The molecule has 5 heteroatoms. The molecule has 1 N–H and O–H groups in total. The van der Waals surface area contributed by atoms with Crippen LogP contribution in [0.3, 0.4) is 0 Å². The molecule has 0 bridgehead atoms. The van der Waals surface area contributed by atoms with Gasteiger partial charge in [-0.1, -0.05) is 12.1 Å². The van der Waals surface area contributed by atoms with E-state index < -0.39 is 0 Å². The van der Waals surface area contributed by atoms with Crippen LogP contribution in [0.4, 0.5) is 0 Å². The molecule has 0 spiro atoms. The van der Waals surface area contributed by atoms with Gasteiger partial charge in [0.15, 0.2) is 0 Å². The zero-order valence-electron chi connectivity index (χ0n) is 14.9. The van der Waals surface area contributed by atoms with Crippen LogP contribution in [-0.2, 0) is 4.79 Å². The summed E-state index contributed by atoms with van der Waals surface area (Å²) in [7, 11) is 0. The Morgan fingerprint density at radius 3 is 2.67 bits per heavy atom. The summed E-state index contributed by atoms with van der Waals surface area (Å²) in [6.45, 7) is 8.44. The van der Waals surface area contributed by atoms with Crippen molar-refractivity contribution >= 4 is 5.91 Å². The highest BCUT2D eigenvalue weighted by Gasteiger charge is 2.21. The van der Waals surface area contributed by atoms with Crippen molar-refractivity contribution < 1.29 is 14.6 Å². The number of benzene rings is 1. The molecule has 1 fully saturated rings. The Kier molecular flexibility index (Phi) is 7.53. The van der Waals surface area contributed by atoms with Gasteiger partial charge in [0.1, 0.15) is 5.75 Å². The van der Waals surface area contributed by atoms with Gasteiger partial charge < -0.3 is 14.7 Å². The van der Waals surface area contributed by atoms with Crippen LogP contribution in [-0.4, -0.2) is 66.2 Å². The summed E-state index contributed by atoms with van der Waals surface area (Å²) in [6.07, 6.45) is 2.04. The number of carbonyl (C=O) groups is 1. The van der Waals surface area contributed by atoms with Crippen molar-refractivity contribution in [3.63, 3.8) is 0 Å². The van der Waals surface area contributed by atoms with Crippen LogP contribution in [0.1, 0.15) is 31.7 Å². The molecule has 1 amide bonds. The number of ether oxygens (including phenoxy) is 1. The third-order valence-corrected chi connectivity index (χ3v) is 4.29. The Balaban J connectivity index is 1.57. The Labute approximate surface area is 145 Å². The molecule has 1 aliphatic heterocycles. The fourth-order valence-electron chi connectivity index (χ4n) is 2.99. The topological polar surface area (TPSA) is 53.0 Å². The van der Waals surface area contributed by atoms with E-state index in [-0.39, 0.29) is 12.0 Å². The van der Waals surface area contributed by atoms with Gasteiger partial charge in [-0.05, 0) is 44.4 Å². The number of rotatable bonds is 8. The molecule has 0 unspecified atom stereocenters. The first kappa shape index (κ1) is 18.7. The van der Waals surface area contributed by atoms with E-state index in [1.807, 2.05) is 36.1 Å². The standard InChI is InChI=1S/C19H30N2O3/c1-16-6-5-7-18(14-16)24-13-4-3-8-19(23)21-11-9-20(10-12-21)15-17(2)22/h5-7,14,17,22H,3-4,8-13,15H2,1-2H3/t17-/m1/s1. The Morgan fingerprint density at radius 2 is 2.00 bits per heavy atom. The Morgan fingerprint density at radius 1 is 1.25 bits per heavy atom. The van der Waals surface area contributed by atoms with E-state index in [2.05, 4.69) is 4.90 Å². The first-order valence-corrected chi connectivity index (χ1v) is 8.92.